The van der Waals surface area contributed by atoms with Crippen LogP contribution in [0.25, 0.3) is 0 Å². The van der Waals surface area contributed by atoms with Crippen molar-refractivity contribution < 1.29 is 28.6 Å². The van der Waals surface area contributed by atoms with Crippen LogP contribution in [0.5, 0.6) is 5.75 Å². The minimum atomic E-state index is -1.25. The fourth-order valence-corrected chi connectivity index (χ4v) is 2.48. The van der Waals surface area contributed by atoms with E-state index in [1.165, 1.54) is 11.0 Å². The van der Waals surface area contributed by atoms with Crippen LogP contribution in [0.3, 0.4) is 0 Å². The zero-order valence-electron chi connectivity index (χ0n) is 16.0. The summed E-state index contributed by atoms with van der Waals surface area (Å²) < 4.78 is 23.8. The van der Waals surface area contributed by atoms with Crippen LogP contribution < -0.4 is 15.4 Å². The van der Waals surface area contributed by atoms with Crippen molar-refractivity contribution in [3.63, 3.8) is 0 Å². The molecule has 0 unspecified atom stereocenters. The van der Waals surface area contributed by atoms with Gasteiger partial charge in [0.15, 0.2) is 0 Å². The first kappa shape index (κ1) is 21.3. The number of terminal acetylenes is 1. The van der Waals surface area contributed by atoms with E-state index < -0.39 is 29.1 Å². The Morgan fingerprint density at radius 3 is 2.68 bits per heavy atom. The molecule has 0 saturated carbocycles. The van der Waals surface area contributed by atoms with E-state index >= 15 is 0 Å². The normalized spacial score (nSPS) is 15.1. The molecule has 3 N–H and O–H groups in total. The third-order valence-electron chi connectivity index (χ3n) is 3.70. The van der Waals surface area contributed by atoms with Crippen molar-refractivity contribution in [2.75, 3.05) is 31.6 Å². The Morgan fingerprint density at radius 1 is 1.39 bits per heavy atom. The molecule has 0 radical (unpaired) electrons. The summed E-state index contributed by atoms with van der Waals surface area (Å²) in [4.78, 5) is 25.3. The highest BCUT2D eigenvalue weighted by atomic mass is 19.1. The Balaban J connectivity index is 1.84. The first-order valence-electron chi connectivity index (χ1n) is 8.62. The summed E-state index contributed by atoms with van der Waals surface area (Å²) in [6.07, 6.45) is 4.59. The average Bonchev–Trinajstić information content (AvgIpc) is 2.56. The number of nitrogens with zero attached hydrogens (tertiary/aromatic N) is 1. The number of carbonyl (C=O) groups is 2. The van der Waals surface area contributed by atoms with E-state index in [-0.39, 0.29) is 37.7 Å². The van der Waals surface area contributed by atoms with Crippen LogP contribution in [0.4, 0.5) is 19.7 Å². The highest BCUT2D eigenvalue weighted by molar-refractivity contribution is 5.91. The van der Waals surface area contributed by atoms with Gasteiger partial charge in [0.25, 0.3) is 0 Å². The van der Waals surface area contributed by atoms with E-state index in [0.29, 0.717) is 0 Å². The lowest BCUT2D eigenvalue weighted by atomic mass is 9.95. The number of hydrogen-bond donors (Lipinski definition) is 3. The summed E-state index contributed by atoms with van der Waals surface area (Å²) in [7, 11) is 0. The predicted molar refractivity (Wildman–Crippen MR) is 101 cm³/mol. The van der Waals surface area contributed by atoms with E-state index in [9.17, 15) is 19.1 Å². The molecule has 0 spiro atoms. The molecule has 0 aliphatic carbocycles. The summed E-state index contributed by atoms with van der Waals surface area (Å²) in [5.41, 5.74) is -1.65. The van der Waals surface area contributed by atoms with E-state index in [4.69, 9.17) is 15.9 Å². The number of hydrogen-bond acceptors (Lipinski definition) is 5. The van der Waals surface area contributed by atoms with E-state index in [1.807, 2.05) is 0 Å². The molecule has 3 amide bonds. The van der Waals surface area contributed by atoms with Crippen LogP contribution in [0.2, 0.25) is 0 Å². The number of aliphatic hydroxyl groups is 1. The lowest BCUT2D eigenvalue weighted by molar-refractivity contribution is -0.0944. The van der Waals surface area contributed by atoms with Gasteiger partial charge in [-0.1, -0.05) is 5.92 Å². The molecule has 1 fully saturated rings. The second kappa shape index (κ2) is 8.35. The second-order valence-corrected chi connectivity index (χ2v) is 7.50. The number of urea groups is 1. The molecule has 1 aliphatic heterocycles. The molecular formula is C19H24FN3O5. The number of amides is 3. The quantitative estimate of drug-likeness (QED) is 0.664. The van der Waals surface area contributed by atoms with Gasteiger partial charge in [-0.15, -0.1) is 6.42 Å². The zero-order chi connectivity index (χ0) is 20.9. The Hall–Kier alpha value is -2.99. The van der Waals surface area contributed by atoms with E-state index in [1.54, 1.807) is 20.8 Å². The molecule has 0 aromatic heterocycles. The molecule has 0 bridgehead atoms. The van der Waals surface area contributed by atoms with Gasteiger partial charge >= 0.3 is 12.1 Å². The molecule has 1 aromatic carbocycles. The third-order valence-corrected chi connectivity index (χ3v) is 3.70. The smallest absolute Gasteiger partial charge is 0.410 e. The maximum absolute atomic E-state index is 13.3. The number of halogens is 1. The molecule has 1 saturated heterocycles. The number of ether oxygens (including phenoxy) is 2. The number of benzene rings is 1. The molecule has 1 aliphatic rings. The van der Waals surface area contributed by atoms with Gasteiger partial charge in [0.1, 0.15) is 29.4 Å². The topological polar surface area (TPSA) is 100 Å². The predicted octanol–water partition coefficient (Wildman–Crippen LogP) is 1.94. The van der Waals surface area contributed by atoms with Gasteiger partial charge in [-0.3, -0.25) is 0 Å². The van der Waals surface area contributed by atoms with Crippen molar-refractivity contribution in [1.29, 1.82) is 0 Å². The lowest BCUT2D eigenvalue weighted by Crippen LogP contribution is -2.68. The fraction of sp³-hybridized carbons (Fsp3) is 0.474. The van der Waals surface area contributed by atoms with Gasteiger partial charge in [0, 0.05) is 6.07 Å². The van der Waals surface area contributed by atoms with Crippen LogP contribution in [-0.2, 0) is 4.74 Å². The monoisotopic (exact) mass is 393 g/mol. The fourth-order valence-electron chi connectivity index (χ4n) is 2.48. The Bertz CT molecular complexity index is 779. The summed E-state index contributed by atoms with van der Waals surface area (Å²) in [5, 5.41) is 15.4. The van der Waals surface area contributed by atoms with Crippen LogP contribution >= 0.6 is 0 Å². The molecule has 28 heavy (non-hydrogen) atoms. The van der Waals surface area contributed by atoms with Crippen molar-refractivity contribution >= 4 is 17.8 Å². The first-order chi connectivity index (χ1) is 13.0. The molecular weight excluding hydrogens is 369 g/mol. The van der Waals surface area contributed by atoms with Gasteiger partial charge < -0.3 is 30.1 Å². The standard InChI is InChI=1S/C19H24FN3O5/c1-5-8-27-15-9-13(20)6-7-14(15)22-16(24)21-10-19(26)11-23(12-19)17(25)28-18(2,3)4/h1,6-7,9,26H,8,10-12H2,2-4H3,(H2,21,22,24). The van der Waals surface area contributed by atoms with Gasteiger partial charge in [0.2, 0.25) is 0 Å². The Labute approximate surface area is 163 Å². The summed E-state index contributed by atoms with van der Waals surface area (Å²) in [6, 6.07) is 2.98. The maximum atomic E-state index is 13.3. The zero-order valence-corrected chi connectivity index (χ0v) is 16.0. The minimum Gasteiger partial charge on any atom is -0.479 e. The van der Waals surface area contributed by atoms with Gasteiger partial charge in [0.05, 0.1) is 25.3 Å². The molecule has 152 valence electrons. The van der Waals surface area contributed by atoms with Gasteiger partial charge in [-0.25, -0.2) is 14.0 Å². The molecule has 1 heterocycles. The molecule has 0 atom stereocenters. The maximum Gasteiger partial charge on any atom is 0.410 e. The van der Waals surface area contributed by atoms with Crippen molar-refractivity contribution in [3.05, 3.63) is 24.0 Å². The van der Waals surface area contributed by atoms with Crippen molar-refractivity contribution in [2.45, 2.75) is 32.0 Å². The number of carbonyl (C=O) groups excluding carboxylic acids is 2. The number of rotatable bonds is 5. The SMILES string of the molecule is C#CCOc1cc(F)ccc1NC(=O)NCC1(O)CN(C(=O)OC(C)(C)C)C1. The first-order valence-corrected chi connectivity index (χ1v) is 8.62. The second-order valence-electron chi connectivity index (χ2n) is 7.50. The number of β-amino-alcohol motifs (C(OH)–C–C–N with tert-alkyl or cyclic N) is 1. The van der Waals surface area contributed by atoms with Crippen LogP contribution in [0.15, 0.2) is 18.2 Å². The molecule has 8 nitrogen and oxygen atoms in total. The van der Waals surface area contributed by atoms with E-state index in [0.717, 1.165) is 12.1 Å². The van der Waals surface area contributed by atoms with E-state index in [2.05, 4.69) is 16.6 Å². The number of anilines is 1. The Kier molecular flexibility index (Phi) is 6.36. The number of nitrogens with one attached hydrogen (secondary N) is 2. The minimum absolute atomic E-state index is 0.0370. The van der Waals surface area contributed by atoms with Gasteiger partial charge in [-0.2, -0.15) is 0 Å². The average molecular weight is 393 g/mol. The van der Waals surface area contributed by atoms with Crippen LogP contribution in [-0.4, -0.2) is 59.6 Å². The molecule has 2 rings (SSSR count). The van der Waals surface area contributed by atoms with Crippen LogP contribution in [0.1, 0.15) is 20.8 Å². The van der Waals surface area contributed by atoms with Gasteiger partial charge in [-0.05, 0) is 32.9 Å². The largest absolute Gasteiger partial charge is 0.479 e. The summed E-state index contributed by atoms with van der Waals surface area (Å²) in [6.45, 7) is 5.16. The highest BCUT2D eigenvalue weighted by Gasteiger charge is 2.45. The Morgan fingerprint density at radius 2 is 2.07 bits per heavy atom. The number of likely N-dealkylation sites (tertiary alicyclic amines) is 1. The summed E-state index contributed by atoms with van der Waals surface area (Å²) >= 11 is 0. The highest BCUT2D eigenvalue weighted by Crippen LogP contribution is 2.26. The molecule has 1 aromatic rings. The van der Waals surface area contributed by atoms with Crippen molar-refractivity contribution in [3.8, 4) is 18.1 Å². The van der Waals surface area contributed by atoms with Crippen molar-refractivity contribution in [2.24, 2.45) is 0 Å². The third kappa shape index (κ3) is 6.03. The van der Waals surface area contributed by atoms with Crippen molar-refractivity contribution in [1.82, 2.24) is 10.2 Å². The molecule has 9 heteroatoms. The lowest BCUT2D eigenvalue weighted by Gasteiger charge is -2.46. The summed E-state index contributed by atoms with van der Waals surface area (Å²) in [5.74, 6) is 1.81. The van der Waals surface area contributed by atoms with Crippen LogP contribution in [0, 0.1) is 18.2 Å².